The number of carbonyl (C=O) groups is 1. The number of methoxy groups -OCH3 is 1. The van der Waals surface area contributed by atoms with Crippen molar-refractivity contribution in [3.63, 3.8) is 0 Å². The zero-order valence-electron chi connectivity index (χ0n) is 11.2. The fraction of sp³-hybridized carbons (Fsp3) is 0.533. The Morgan fingerprint density at radius 1 is 1.26 bits per heavy atom. The molecule has 0 heterocycles. The van der Waals surface area contributed by atoms with Crippen LogP contribution in [0.15, 0.2) is 29.2 Å². The summed E-state index contributed by atoms with van der Waals surface area (Å²) < 4.78 is 5.35. The number of carboxylic acids is 1. The average Bonchev–Trinajstić information content (AvgIpc) is 2.65. The number of benzene rings is 1. The van der Waals surface area contributed by atoms with Gasteiger partial charge in [-0.2, -0.15) is 0 Å². The summed E-state index contributed by atoms with van der Waals surface area (Å²) in [6.45, 7) is 0. The molecule has 0 amide bonds. The molecule has 2 atom stereocenters. The Labute approximate surface area is 118 Å². The Bertz CT molecular complexity index is 433. The van der Waals surface area contributed by atoms with Crippen LogP contribution in [0.25, 0.3) is 0 Å². The molecule has 1 aliphatic rings. The summed E-state index contributed by atoms with van der Waals surface area (Å²) in [5.41, 5.74) is 0. The van der Waals surface area contributed by atoms with Gasteiger partial charge in [-0.15, -0.1) is 11.8 Å². The highest BCUT2D eigenvalue weighted by atomic mass is 32.2. The number of rotatable bonds is 4. The number of carboxylic acid groups (broad SMARTS) is 1. The zero-order valence-corrected chi connectivity index (χ0v) is 12.0. The van der Waals surface area contributed by atoms with E-state index in [9.17, 15) is 9.90 Å². The van der Waals surface area contributed by atoms with E-state index in [1.165, 1.54) is 0 Å². The first-order chi connectivity index (χ1) is 9.22. The molecule has 2 unspecified atom stereocenters. The molecule has 2 rings (SSSR count). The van der Waals surface area contributed by atoms with E-state index in [-0.39, 0.29) is 11.2 Å². The lowest BCUT2D eigenvalue weighted by Gasteiger charge is -2.21. The van der Waals surface area contributed by atoms with E-state index in [1.54, 1.807) is 18.9 Å². The largest absolute Gasteiger partial charge is 0.496 e. The number of para-hydroxylation sites is 1. The van der Waals surface area contributed by atoms with Crippen LogP contribution < -0.4 is 4.74 Å². The van der Waals surface area contributed by atoms with E-state index in [2.05, 4.69) is 0 Å². The van der Waals surface area contributed by atoms with Crippen LogP contribution in [-0.2, 0) is 4.79 Å². The average molecular weight is 280 g/mol. The van der Waals surface area contributed by atoms with Crippen molar-refractivity contribution < 1.29 is 14.6 Å². The molecule has 1 aromatic rings. The molecule has 104 valence electrons. The summed E-state index contributed by atoms with van der Waals surface area (Å²) >= 11 is 1.66. The van der Waals surface area contributed by atoms with Gasteiger partial charge in [-0.3, -0.25) is 4.79 Å². The van der Waals surface area contributed by atoms with E-state index >= 15 is 0 Å². The predicted molar refractivity (Wildman–Crippen MR) is 76.8 cm³/mol. The van der Waals surface area contributed by atoms with Gasteiger partial charge in [0.1, 0.15) is 5.75 Å². The second kappa shape index (κ2) is 6.85. The number of hydrogen-bond donors (Lipinski definition) is 1. The van der Waals surface area contributed by atoms with Crippen LogP contribution in [0.1, 0.15) is 32.1 Å². The summed E-state index contributed by atoms with van der Waals surface area (Å²) in [7, 11) is 1.65. The second-order valence-corrected chi connectivity index (χ2v) is 6.17. The Kier molecular flexibility index (Phi) is 5.14. The van der Waals surface area contributed by atoms with E-state index in [0.29, 0.717) is 0 Å². The summed E-state index contributed by atoms with van der Waals surface area (Å²) in [5.74, 6) is -0.0624. The highest BCUT2D eigenvalue weighted by Crippen LogP contribution is 2.40. The number of ether oxygens (including phenoxy) is 1. The highest BCUT2D eigenvalue weighted by molar-refractivity contribution is 8.00. The maximum Gasteiger partial charge on any atom is 0.307 e. The molecule has 0 spiro atoms. The van der Waals surface area contributed by atoms with Crippen LogP contribution >= 0.6 is 11.8 Å². The molecule has 0 radical (unpaired) electrons. The Morgan fingerprint density at radius 2 is 2.00 bits per heavy atom. The summed E-state index contributed by atoms with van der Waals surface area (Å²) in [6.07, 6.45) is 5.06. The molecule has 0 aromatic heterocycles. The second-order valence-electron chi connectivity index (χ2n) is 4.89. The van der Waals surface area contributed by atoms with Crippen molar-refractivity contribution in [3.05, 3.63) is 24.3 Å². The van der Waals surface area contributed by atoms with Crippen molar-refractivity contribution in [2.24, 2.45) is 5.92 Å². The molecule has 0 aliphatic heterocycles. The van der Waals surface area contributed by atoms with Gasteiger partial charge in [0.15, 0.2) is 0 Å². The van der Waals surface area contributed by atoms with Gasteiger partial charge in [-0.05, 0) is 25.0 Å². The summed E-state index contributed by atoms with van der Waals surface area (Å²) in [5, 5.41) is 9.54. The van der Waals surface area contributed by atoms with Gasteiger partial charge in [0.2, 0.25) is 0 Å². The van der Waals surface area contributed by atoms with Crippen LogP contribution in [0.3, 0.4) is 0 Å². The van der Waals surface area contributed by atoms with Crippen LogP contribution in [0, 0.1) is 5.92 Å². The minimum absolute atomic E-state index is 0.149. The molecular weight excluding hydrogens is 260 g/mol. The third kappa shape index (κ3) is 3.66. The van der Waals surface area contributed by atoms with E-state index < -0.39 is 5.97 Å². The molecule has 0 saturated heterocycles. The quantitative estimate of drug-likeness (QED) is 0.852. The molecule has 3 nitrogen and oxygen atoms in total. The minimum Gasteiger partial charge on any atom is -0.496 e. The Balaban J connectivity index is 2.16. The fourth-order valence-electron chi connectivity index (χ4n) is 2.58. The number of thioether (sulfide) groups is 1. The SMILES string of the molecule is COc1ccccc1SC1CCCCCC1C(=O)O. The first-order valence-electron chi connectivity index (χ1n) is 6.75. The Hall–Kier alpha value is -1.16. The van der Waals surface area contributed by atoms with Crippen LogP contribution in [-0.4, -0.2) is 23.4 Å². The smallest absolute Gasteiger partial charge is 0.307 e. The zero-order chi connectivity index (χ0) is 13.7. The van der Waals surface area contributed by atoms with E-state index in [0.717, 1.165) is 42.7 Å². The van der Waals surface area contributed by atoms with Crippen LogP contribution in [0.4, 0.5) is 0 Å². The van der Waals surface area contributed by atoms with Crippen molar-refractivity contribution in [1.82, 2.24) is 0 Å². The lowest BCUT2D eigenvalue weighted by molar-refractivity contribution is -0.141. The molecular formula is C15H20O3S. The van der Waals surface area contributed by atoms with Crippen molar-refractivity contribution >= 4 is 17.7 Å². The molecule has 1 aromatic carbocycles. The lowest BCUT2D eigenvalue weighted by Crippen LogP contribution is -2.24. The highest BCUT2D eigenvalue weighted by Gasteiger charge is 2.30. The third-order valence-electron chi connectivity index (χ3n) is 3.62. The van der Waals surface area contributed by atoms with Crippen molar-refractivity contribution in [2.75, 3.05) is 7.11 Å². The van der Waals surface area contributed by atoms with Gasteiger partial charge >= 0.3 is 5.97 Å². The van der Waals surface area contributed by atoms with Crippen LogP contribution in [0.5, 0.6) is 5.75 Å². The summed E-state index contributed by atoms with van der Waals surface area (Å²) in [4.78, 5) is 12.5. The van der Waals surface area contributed by atoms with Gasteiger partial charge < -0.3 is 9.84 Å². The minimum atomic E-state index is -0.658. The Morgan fingerprint density at radius 3 is 2.74 bits per heavy atom. The van der Waals surface area contributed by atoms with Crippen molar-refractivity contribution in [3.8, 4) is 5.75 Å². The van der Waals surface area contributed by atoms with Crippen LogP contribution in [0.2, 0.25) is 0 Å². The molecule has 1 saturated carbocycles. The maximum atomic E-state index is 11.4. The van der Waals surface area contributed by atoms with Gasteiger partial charge in [-0.25, -0.2) is 0 Å². The molecule has 4 heteroatoms. The number of aliphatic carboxylic acids is 1. The van der Waals surface area contributed by atoms with Crippen molar-refractivity contribution in [1.29, 1.82) is 0 Å². The van der Waals surface area contributed by atoms with E-state index in [1.807, 2.05) is 24.3 Å². The number of hydrogen-bond acceptors (Lipinski definition) is 3. The summed E-state index contributed by atoms with van der Waals surface area (Å²) in [6, 6.07) is 7.84. The van der Waals surface area contributed by atoms with Gasteiger partial charge in [0.25, 0.3) is 0 Å². The maximum absolute atomic E-state index is 11.4. The fourth-order valence-corrected chi connectivity index (χ4v) is 4.03. The molecule has 1 N–H and O–H groups in total. The first-order valence-corrected chi connectivity index (χ1v) is 7.63. The van der Waals surface area contributed by atoms with Gasteiger partial charge in [-0.1, -0.05) is 31.4 Å². The molecule has 0 bridgehead atoms. The monoisotopic (exact) mass is 280 g/mol. The topological polar surface area (TPSA) is 46.5 Å². The molecule has 1 fully saturated rings. The molecule has 19 heavy (non-hydrogen) atoms. The normalized spacial score (nSPS) is 23.6. The standard InChI is InChI=1S/C15H20O3S/c1-18-12-8-5-6-10-14(12)19-13-9-4-2-3-7-11(13)15(16)17/h5-6,8,10-11,13H,2-4,7,9H2,1H3,(H,16,17). The predicted octanol–water partition coefficient (Wildman–Crippen LogP) is 3.82. The third-order valence-corrected chi connectivity index (χ3v) is 5.08. The molecule has 1 aliphatic carbocycles. The van der Waals surface area contributed by atoms with Crippen molar-refractivity contribution in [2.45, 2.75) is 42.2 Å². The lowest BCUT2D eigenvalue weighted by atomic mass is 10.0. The van der Waals surface area contributed by atoms with E-state index in [4.69, 9.17) is 4.74 Å². The van der Waals surface area contributed by atoms with Gasteiger partial charge in [0, 0.05) is 10.1 Å². The van der Waals surface area contributed by atoms with Gasteiger partial charge in [0.05, 0.1) is 13.0 Å². The first kappa shape index (κ1) is 14.3.